The summed E-state index contributed by atoms with van der Waals surface area (Å²) in [6.07, 6.45) is 0.0832. The fraction of sp³-hybridized carbons (Fsp3) is 0.857. The fourth-order valence-electron chi connectivity index (χ4n) is 1.23. The SMILES string of the molecule is O=C(O)[C@@H](O)C1CCOCC1. The molecule has 0 aromatic heterocycles. The highest BCUT2D eigenvalue weighted by molar-refractivity contribution is 5.72. The third kappa shape index (κ3) is 2.17. The molecule has 0 aromatic rings. The zero-order chi connectivity index (χ0) is 8.27. The van der Waals surface area contributed by atoms with Crippen molar-refractivity contribution in [1.82, 2.24) is 0 Å². The Balaban J connectivity index is 2.38. The molecule has 11 heavy (non-hydrogen) atoms. The average Bonchev–Trinajstić information content (AvgIpc) is 2.05. The van der Waals surface area contributed by atoms with Crippen LogP contribution in [-0.2, 0) is 9.53 Å². The second-order valence-electron chi connectivity index (χ2n) is 2.73. The van der Waals surface area contributed by atoms with Crippen LogP contribution in [0.25, 0.3) is 0 Å². The van der Waals surface area contributed by atoms with Crippen LogP contribution in [-0.4, -0.2) is 35.5 Å². The third-order valence-corrected chi connectivity index (χ3v) is 1.97. The number of carboxylic acid groups (broad SMARTS) is 1. The Morgan fingerprint density at radius 1 is 1.45 bits per heavy atom. The van der Waals surface area contributed by atoms with Crippen LogP contribution in [0.2, 0.25) is 0 Å². The Bertz CT molecular complexity index is 139. The number of carboxylic acids is 1. The molecule has 0 spiro atoms. The van der Waals surface area contributed by atoms with Gasteiger partial charge in [0, 0.05) is 13.2 Å². The summed E-state index contributed by atoms with van der Waals surface area (Å²) in [7, 11) is 0. The molecule has 0 saturated carbocycles. The van der Waals surface area contributed by atoms with Gasteiger partial charge in [0.05, 0.1) is 0 Å². The Labute approximate surface area is 64.8 Å². The first-order valence-corrected chi connectivity index (χ1v) is 3.70. The lowest BCUT2D eigenvalue weighted by Gasteiger charge is -2.23. The number of aliphatic hydroxyl groups excluding tert-OH is 1. The van der Waals surface area contributed by atoms with E-state index >= 15 is 0 Å². The molecule has 0 radical (unpaired) electrons. The molecule has 1 rings (SSSR count). The van der Waals surface area contributed by atoms with Crippen LogP contribution in [0.1, 0.15) is 12.8 Å². The molecule has 1 aliphatic heterocycles. The number of hydrogen-bond acceptors (Lipinski definition) is 3. The Hall–Kier alpha value is -0.610. The van der Waals surface area contributed by atoms with Crippen molar-refractivity contribution in [3.05, 3.63) is 0 Å². The number of hydrogen-bond donors (Lipinski definition) is 2. The summed E-state index contributed by atoms with van der Waals surface area (Å²) >= 11 is 0. The van der Waals surface area contributed by atoms with Gasteiger partial charge in [-0.15, -0.1) is 0 Å². The highest BCUT2D eigenvalue weighted by Gasteiger charge is 2.27. The minimum Gasteiger partial charge on any atom is -0.479 e. The molecule has 64 valence electrons. The molecule has 1 heterocycles. The maximum Gasteiger partial charge on any atom is 0.332 e. The molecule has 0 bridgehead atoms. The highest BCUT2D eigenvalue weighted by atomic mass is 16.5. The van der Waals surface area contributed by atoms with Crippen molar-refractivity contribution in [2.75, 3.05) is 13.2 Å². The number of ether oxygens (including phenoxy) is 1. The fourth-order valence-corrected chi connectivity index (χ4v) is 1.23. The van der Waals surface area contributed by atoms with Crippen molar-refractivity contribution in [2.24, 2.45) is 5.92 Å². The normalized spacial score (nSPS) is 23.0. The summed E-state index contributed by atoms with van der Waals surface area (Å²) in [5.41, 5.74) is 0. The average molecular weight is 160 g/mol. The second-order valence-corrected chi connectivity index (χ2v) is 2.73. The van der Waals surface area contributed by atoms with E-state index in [1.54, 1.807) is 0 Å². The highest BCUT2D eigenvalue weighted by Crippen LogP contribution is 2.18. The van der Waals surface area contributed by atoms with E-state index in [4.69, 9.17) is 14.9 Å². The molecule has 4 nitrogen and oxygen atoms in total. The molecular weight excluding hydrogens is 148 g/mol. The number of aliphatic hydroxyl groups is 1. The quantitative estimate of drug-likeness (QED) is 0.590. The zero-order valence-electron chi connectivity index (χ0n) is 6.19. The van der Waals surface area contributed by atoms with Crippen LogP contribution in [0.5, 0.6) is 0 Å². The van der Waals surface area contributed by atoms with Gasteiger partial charge in [-0.2, -0.15) is 0 Å². The molecule has 4 heteroatoms. The zero-order valence-corrected chi connectivity index (χ0v) is 6.19. The summed E-state index contributed by atoms with van der Waals surface area (Å²) in [5.74, 6) is -1.25. The van der Waals surface area contributed by atoms with Crippen LogP contribution < -0.4 is 0 Å². The number of aliphatic carboxylic acids is 1. The second kappa shape index (κ2) is 3.69. The molecule has 2 N–H and O–H groups in total. The van der Waals surface area contributed by atoms with E-state index in [0.29, 0.717) is 26.1 Å². The van der Waals surface area contributed by atoms with Gasteiger partial charge in [0.15, 0.2) is 6.10 Å². The molecular formula is C7H12O4. The van der Waals surface area contributed by atoms with Gasteiger partial charge in [0.2, 0.25) is 0 Å². The van der Waals surface area contributed by atoms with Crippen LogP contribution >= 0.6 is 0 Å². The topological polar surface area (TPSA) is 66.8 Å². The Morgan fingerprint density at radius 2 is 2.00 bits per heavy atom. The molecule has 0 unspecified atom stereocenters. The van der Waals surface area contributed by atoms with Crippen LogP contribution in [0, 0.1) is 5.92 Å². The third-order valence-electron chi connectivity index (χ3n) is 1.97. The summed E-state index contributed by atoms with van der Waals surface area (Å²) in [4.78, 5) is 10.3. The Kier molecular flexibility index (Phi) is 2.84. The summed E-state index contributed by atoms with van der Waals surface area (Å²) in [6, 6.07) is 0. The van der Waals surface area contributed by atoms with E-state index in [9.17, 15) is 4.79 Å². The van der Waals surface area contributed by atoms with Crippen molar-refractivity contribution in [3.63, 3.8) is 0 Å². The van der Waals surface area contributed by atoms with Crippen molar-refractivity contribution in [2.45, 2.75) is 18.9 Å². The monoisotopic (exact) mass is 160 g/mol. The number of carbonyl (C=O) groups is 1. The number of rotatable bonds is 2. The summed E-state index contributed by atoms with van der Waals surface area (Å²) in [5, 5.41) is 17.5. The van der Waals surface area contributed by atoms with E-state index in [-0.39, 0.29) is 5.92 Å². The first kappa shape index (κ1) is 8.49. The molecule has 0 aliphatic carbocycles. The first-order chi connectivity index (χ1) is 5.22. The minimum atomic E-state index is -1.21. The van der Waals surface area contributed by atoms with Gasteiger partial charge < -0.3 is 14.9 Å². The van der Waals surface area contributed by atoms with Crippen LogP contribution in [0.4, 0.5) is 0 Å². The summed E-state index contributed by atoms with van der Waals surface area (Å²) < 4.78 is 5.03. The molecule has 1 atom stereocenters. The predicted octanol–water partition coefficient (Wildman–Crippen LogP) is -0.142. The molecule has 1 saturated heterocycles. The molecule has 1 aliphatic rings. The Morgan fingerprint density at radius 3 is 2.45 bits per heavy atom. The lowest BCUT2D eigenvalue weighted by atomic mass is 9.94. The van der Waals surface area contributed by atoms with Gasteiger partial charge in [-0.25, -0.2) is 4.79 Å². The van der Waals surface area contributed by atoms with Gasteiger partial charge in [-0.05, 0) is 18.8 Å². The summed E-state index contributed by atoms with van der Waals surface area (Å²) in [6.45, 7) is 1.13. The largest absolute Gasteiger partial charge is 0.479 e. The van der Waals surface area contributed by atoms with Gasteiger partial charge >= 0.3 is 5.97 Å². The lowest BCUT2D eigenvalue weighted by molar-refractivity contribution is -0.151. The predicted molar refractivity (Wildman–Crippen MR) is 37.2 cm³/mol. The van der Waals surface area contributed by atoms with E-state index in [0.717, 1.165) is 0 Å². The van der Waals surface area contributed by atoms with Crippen molar-refractivity contribution < 1.29 is 19.7 Å². The van der Waals surface area contributed by atoms with Gasteiger partial charge in [-0.1, -0.05) is 0 Å². The van der Waals surface area contributed by atoms with Crippen molar-refractivity contribution in [3.8, 4) is 0 Å². The molecule has 0 amide bonds. The van der Waals surface area contributed by atoms with E-state index < -0.39 is 12.1 Å². The van der Waals surface area contributed by atoms with Crippen LogP contribution in [0.15, 0.2) is 0 Å². The van der Waals surface area contributed by atoms with E-state index in [1.165, 1.54) is 0 Å². The van der Waals surface area contributed by atoms with Crippen molar-refractivity contribution in [1.29, 1.82) is 0 Å². The lowest BCUT2D eigenvalue weighted by Crippen LogP contribution is -2.33. The molecule has 0 aromatic carbocycles. The van der Waals surface area contributed by atoms with Gasteiger partial charge in [0.25, 0.3) is 0 Å². The van der Waals surface area contributed by atoms with Gasteiger partial charge in [0.1, 0.15) is 0 Å². The van der Waals surface area contributed by atoms with Crippen LogP contribution in [0.3, 0.4) is 0 Å². The van der Waals surface area contributed by atoms with Gasteiger partial charge in [-0.3, -0.25) is 0 Å². The maximum atomic E-state index is 10.3. The van der Waals surface area contributed by atoms with E-state index in [1.807, 2.05) is 0 Å². The first-order valence-electron chi connectivity index (χ1n) is 3.70. The maximum absolute atomic E-state index is 10.3. The minimum absolute atomic E-state index is 0.124. The smallest absolute Gasteiger partial charge is 0.332 e. The van der Waals surface area contributed by atoms with Crippen molar-refractivity contribution >= 4 is 5.97 Å². The standard InChI is InChI=1S/C7H12O4/c8-6(7(9)10)5-1-3-11-4-2-5/h5-6,8H,1-4H2,(H,9,10)/t6-/m0/s1. The van der Waals surface area contributed by atoms with E-state index in [2.05, 4.69) is 0 Å². The molecule has 1 fully saturated rings.